The first kappa shape index (κ1) is 21.1. The Morgan fingerprint density at radius 1 is 1.26 bits per heavy atom. The second kappa shape index (κ2) is 8.18. The van der Waals surface area contributed by atoms with Gasteiger partial charge in [-0.1, -0.05) is 19.1 Å². The van der Waals surface area contributed by atoms with Gasteiger partial charge < -0.3 is 11.1 Å². The number of fused-ring (bicyclic) bond motifs is 1. The van der Waals surface area contributed by atoms with Crippen LogP contribution in [-0.4, -0.2) is 44.3 Å². The van der Waals surface area contributed by atoms with E-state index in [1.807, 2.05) is 6.92 Å². The van der Waals surface area contributed by atoms with E-state index in [1.54, 1.807) is 29.2 Å². The fourth-order valence-electron chi connectivity index (χ4n) is 3.81. The number of urea groups is 1. The molecule has 2 amide bonds. The molecule has 2 heterocycles. The van der Waals surface area contributed by atoms with Crippen molar-refractivity contribution >= 4 is 27.7 Å². The number of benzene rings is 2. The maximum atomic E-state index is 13.2. The Hall–Kier alpha value is -3.14. The molecule has 1 atom stereocenters. The van der Waals surface area contributed by atoms with E-state index < -0.39 is 16.1 Å². The van der Waals surface area contributed by atoms with Crippen molar-refractivity contribution < 1.29 is 17.6 Å². The van der Waals surface area contributed by atoms with Crippen molar-refractivity contribution in [3.63, 3.8) is 0 Å². The number of rotatable bonds is 5. The van der Waals surface area contributed by atoms with E-state index in [4.69, 9.17) is 5.73 Å². The fraction of sp³-hybridized carbons (Fsp3) is 0.333. The first-order valence-corrected chi connectivity index (χ1v) is 11.5. The zero-order valence-corrected chi connectivity index (χ0v) is 17.9. The van der Waals surface area contributed by atoms with E-state index in [1.165, 1.54) is 18.2 Å². The summed E-state index contributed by atoms with van der Waals surface area (Å²) in [6.07, 6.45) is 1.40. The molecule has 0 saturated heterocycles. The topological polar surface area (TPSA) is 108 Å². The molecule has 3 N–H and O–H groups in total. The molecule has 0 fully saturated rings. The van der Waals surface area contributed by atoms with Crippen LogP contribution in [0.1, 0.15) is 30.5 Å². The van der Waals surface area contributed by atoms with Crippen molar-refractivity contribution in [2.24, 2.45) is 10.7 Å². The van der Waals surface area contributed by atoms with E-state index >= 15 is 0 Å². The maximum Gasteiger partial charge on any atom is 0.321 e. The van der Waals surface area contributed by atoms with Gasteiger partial charge in [0.05, 0.1) is 17.5 Å². The molecular weight excluding hydrogens is 421 g/mol. The van der Waals surface area contributed by atoms with Gasteiger partial charge in [-0.05, 0) is 54.3 Å². The summed E-state index contributed by atoms with van der Waals surface area (Å²) < 4.78 is 40.8. The Morgan fingerprint density at radius 3 is 2.71 bits per heavy atom. The summed E-state index contributed by atoms with van der Waals surface area (Å²) >= 11 is 0. The zero-order chi connectivity index (χ0) is 22.2. The summed E-state index contributed by atoms with van der Waals surface area (Å²) in [5, 5.41) is 2.84. The number of nitrogens with zero attached hydrogens (tertiary/aromatic N) is 3. The molecule has 0 spiro atoms. The number of nitrogens with one attached hydrogen (secondary N) is 1. The highest BCUT2D eigenvalue weighted by molar-refractivity contribution is 7.89. The Balaban J connectivity index is 1.55. The average Bonchev–Trinajstić information content (AvgIpc) is 3.36. The van der Waals surface area contributed by atoms with Gasteiger partial charge in [0, 0.05) is 18.8 Å². The van der Waals surface area contributed by atoms with Crippen LogP contribution in [0, 0.1) is 5.82 Å². The monoisotopic (exact) mass is 445 g/mol. The number of guanidine groups is 1. The van der Waals surface area contributed by atoms with Crippen molar-refractivity contribution in [3.05, 3.63) is 59.4 Å². The van der Waals surface area contributed by atoms with Crippen LogP contribution >= 0.6 is 0 Å². The Morgan fingerprint density at radius 2 is 2.00 bits per heavy atom. The quantitative estimate of drug-likeness (QED) is 0.737. The van der Waals surface area contributed by atoms with Crippen molar-refractivity contribution in [1.82, 2.24) is 9.62 Å². The van der Waals surface area contributed by atoms with Crippen LogP contribution in [0.4, 0.5) is 14.9 Å². The second-order valence-corrected chi connectivity index (χ2v) is 9.38. The molecule has 10 heteroatoms. The molecule has 0 aliphatic carbocycles. The molecule has 0 aromatic heterocycles. The largest absolute Gasteiger partial charge is 0.369 e. The van der Waals surface area contributed by atoms with E-state index in [-0.39, 0.29) is 29.2 Å². The van der Waals surface area contributed by atoms with Gasteiger partial charge in [-0.3, -0.25) is 4.90 Å². The number of aliphatic imine (C=N–C) groups is 1. The lowest BCUT2D eigenvalue weighted by Crippen LogP contribution is -2.39. The summed E-state index contributed by atoms with van der Waals surface area (Å²) in [5.74, 6) is -0.478. The normalized spacial score (nSPS) is 18.1. The number of carbonyl (C=O) groups excluding carboxylic acids is 1. The highest BCUT2D eigenvalue weighted by Gasteiger charge is 2.35. The van der Waals surface area contributed by atoms with Gasteiger partial charge in [0.1, 0.15) is 5.82 Å². The van der Waals surface area contributed by atoms with Gasteiger partial charge in [0.2, 0.25) is 5.96 Å². The number of sulfonamides is 1. The first-order chi connectivity index (χ1) is 14.8. The van der Waals surface area contributed by atoms with Gasteiger partial charge >= 0.3 is 6.03 Å². The van der Waals surface area contributed by atoms with Crippen LogP contribution in [0.2, 0.25) is 0 Å². The lowest BCUT2D eigenvalue weighted by molar-refractivity contribution is 0.247. The predicted molar refractivity (Wildman–Crippen MR) is 116 cm³/mol. The molecular formula is C21H24FN5O3S. The van der Waals surface area contributed by atoms with Crippen molar-refractivity contribution in [1.29, 1.82) is 0 Å². The third-order valence-electron chi connectivity index (χ3n) is 5.44. The standard InChI is InChI=1S/C21H24FN5O3S/c1-2-10-24-21(28)26-11-9-15-12-17(7-8-19(15)26)31(29,30)27-13-18(25-20(27)23)14-3-5-16(22)6-4-14/h3-8,12,18H,2,9-11,13H2,1H3,(H2,23,25)(H,24,28). The molecule has 31 heavy (non-hydrogen) atoms. The van der Waals surface area contributed by atoms with Gasteiger partial charge in [-0.15, -0.1) is 0 Å². The number of amides is 2. The van der Waals surface area contributed by atoms with Crippen molar-refractivity contribution in [2.45, 2.75) is 30.7 Å². The molecule has 0 bridgehead atoms. The van der Waals surface area contributed by atoms with Crippen LogP contribution in [-0.2, 0) is 16.4 Å². The van der Waals surface area contributed by atoms with Crippen LogP contribution in [0.5, 0.6) is 0 Å². The molecule has 4 rings (SSSR count). The van der Waals surface area contributed by atoms with E-state index in [0.29, 0.717) is 30.8 Å². The van der Waals surface area contributed by atoms with Crippen LogP contribution in [0.3, 0.4) is 0 Å². The Labute approximate surface area is 180 Å². The minimum atomic E-state index is -3.93. The number of halogens is 1. The molecule has 1 unspecified atom stereocenters. The number of nitrogens with two attached hydrogens (primary N) is 1. The van der Waals surface area contributed by atoms with E-state index in [9.17, 15) is 17.6 Å². The number of carbonyl (C=O) groups is 1. The van der Waals surface area contributed by atoms with E-state index in [0.717, 1.165) is 16.3 Å². The minimum absolute atomic E-state index is 0.0441. The Bertz CT molecular complexity index is 1130. The SMILES string of the molecule is CCCNC(=O)N1CCc2cc(S(=O)(=O)N3CC(c4ccc(F)cc4)N=C3N)ccc21. The fourth-order valence-corrected chi connectivity index (χ4v) is 5.22. The summed E-state index contributed by atoms with van der Waals surface area (Å²) in [6.45, 7) is 3.10. The lowest BCUT2D eigenvalue weighted by atomic mass is 10.1. The zero-order valence-electron chi connectivity index (χ0n) is 17.1. The van der Waals surface area contributed by atoms with Crippen molar-refractivity contribution in [3.8, 4) is 0 Å². The number of hydrogen-bond acceptors (Lipinski definition) is 5. The third kappa shape index (κ3) is 3.95. The molecule has 8 nitrogen and oxygen atoms in total. The lowest BCUT2D eigenvalue weighted by Gasteiger charge is -2.20. The molecule has 2 aliphatic rings. The molecule has 0 radical (unpaired) electrons. The highest BCUT2D eigenvalue weighted by Crippen LogP contribution is 2.33. The predicted octanol–water partition coefficient (Wildman–Crippen LogP) is 2.37. The first-order valence-electron chi connectivity index (χ1n) is 10.1. The van der Waals surface area contributed by atoms with Crippen LogP contribution in [0.15, 0.2) is 52.4 Å². The van der Waals surface area contributed by atoms with Gasteiger partial charge in [0.25, 0.3) is 10.0 Å². The Kier molecular flexibility index (Phi) is 5.57. The van der Waals surface area contributed by atoms with Crippen LogP contribution in [0.25, 0.3) is 0 Å². The molecule has 2 aromatic rings. The number of hydrogen-bond donors (Lipinski definition) is 2. The summed E-state index contributed by atoms with van der Waals surface area (Å²) in [4.78, 5) is 18.3. The maximum absolute atomic E-state index is 13.2. The molecule has 2 aliphatic heterocycles. The van der Waals surface area contributed by atoms with Crippen LogP contribution < -0.4 is 16.0 Å². The molecule has 164 valence electrons. The van der Waals surface area contributed by atoms with Crippen molar-refractivity contribution in [2.75, 3.05) is 24.5 Å². The summed E-state index contributed by atoms with van der Waals surface area (Å²) in [7, 11) is -3.93. The smallest absolute Gasteiger partial charge is 0.321 e. The summed E-state index contributed by atoms with van der Waals surface area (Å²) in [6, 6.07) is 9.80. The van der Waals surface area contributed by atoms with E-state index in [2.05, 4.69) is 10.3 Å². The molecule has 0 saturated carbocycles. The number of anilines is 1. The molecule has 2 aromatic carbocycles. The van der Waals surface area contributed by atoms with Gasteiger partial charge in [0.15, 0.2) is 0 Å². The minimum Gasteiger partial charge on any atom is -0.369 e. The third-order valence-corrected chi connectivity index (χ3v) is 7.21. The second-order valence-electron chi connectivity index (χ2n) is 7.51. The highest BCUT2D eigenvalue weighted by atomic mass is 32.2. The van der Waals surface area contributed by atoms with Gasteiger partial charge in [-0.2, -0.15) is 0 Å². The summed E-state index contributed by atoms with van der Waals surface area (Å²) in [5.41, 5.74) is 8.13. The van der Waals surface area contributed by atoms with Gasteiger partial charge in [-0.25, -0.2) is 26.9 Å². The average molecular weight is 446 g/mol.